The van der Waals surface area contributed by atoms with Crippen LogP contribution in [0.3, 0.4) is 0 Å². The largest absolute Gasteiger partial charge is 0.442 e. The van der Waals surface area contributed by atoms with Crippen LogP contribution in [0.15, 0.2) is 41.2 Å². The number of carbonyl (C=O) groups excluding carboxylic acids is 1. The molecule has 2 aromatic rings. The summed E-state index contributed by atoms with van der Waals surface area (Å²) in [7, 11) is 0. The Morgan fingerprint density at radius 1 is 1.33 bits per heavy atom. The van der Waals surface area contributed by atoms with Gasteiger partial charge < -0.3 is 4.74 Å². The van der Waals surface area contributed by atoms with Crippen LogP contribution in [0.5, 0.6) is 0 Å². The molecular formula is C15H15N3O3. The average Bonchev–Trinajstić information content (AvgIpc) is 2.55. The van der Waals surface area contributed by atoms with Crippen molar-refractivity contribution in [1.29, 1.82) is 0 Å². The van der Waals surface area contributed by atoms with Crippen LogP contribution >= 0.6 is 0 Å². The molecule has 0 N–H and O–H groups in total. The zero-order chi connectivity index (χ0) is 14.7. The van der Waals surface area contributed by atoms with Gasteiger partial charge in [0.25, 0.3) is 5.56 Å². The lowest BCUT2D eigenvalue weighted by atomic mass is 9.95. The van der Waals surface area contributed by atoms with Gasteiger partial charge in [0, 0.05) is 0 Å². The molecule has 0 bridgehead atoms. The molecule has 1 aliphatic rings. The maximum atomic E-state index is 12.2. The quantitative estimate of drug-likeness (QED) is 0.633. The molecule has 21 heavy (non-hydrogen) atoms. The van der Waals surface area contributed by atoms with E-state index < -0.39 is 0 Å². The van der Waals surface area contributed by atoms with Crippen LogP contribution in [-0.2, 0) is 16.3 Å². The second-order valence-electron chi connectivity index (χ2n) is 4.99. The van der Waals surface area contributed by atoms with Crippen molar-refractivity contribution in [3.63, 3.8) is 0 Å². The van der Waals surface area contributed by atoms with Crippen LogP contribution in [0.4, 0.5) is 0 Å². The summed E-state index contributed by atoms with van der Waals surface area (Å²) in [5, 5.41) is 8.19. The van der Waals surface area contributed by atoms with Crippen molar-refractivity contribution in [2.75, 3.05) is 0 Å². The third-order valence-electron chi connectivity index (χ3n) is 3.56. The normalized spacial score (nSPS) is 17.8. The molecule has 0 radical (unpaired) electrons. The number of hydrogen-bond donors (Lipinski definition) is 0. The van der Waals surface area contributed by atoms with E-state index in [0.29, 0.717) is 17.3 Å². The molecule has 0 fully saturated rings. The molecule has 1 aliphatic carbocycles. The minimum atomic E-state index is -0.308. The summed E-state index contributed by atoms with van der Waals surface area (Å²) in [5.41, 5.74) is 0.222. The lowest BCUT2D eigenvalue weighted by Crippen LogP contribution is -2.28. The smallest absolute Gasteiger partial charge is 0.311 e. The lowest BCUT2D eigenvalue weighted by Gasteiger charge is -2.16. The summed E-state index contributed by atoms with van der Waals surface area (Å²) in [6, 6.07) is 6.94. The molecule has 0 amide bonds. The standard InChI is InChI=1S/C15H15N3O3/c19-14-12-8-4-5-9-13(12)16-17-18(14)10-21-15(20)11-6-2-1-3-7-11/h1-2,4-5,8-9,11H,3,6-7,10H2/t11-/m1/s1. The van der Waals surface area contributed by atoms with Crippen LogP contribution in [0.25, 0.3) is 10.9 Å². The predicted octanol–water partition coefficient (Wildman–Crippen LogP) is 1.65. The molecule has 0 spiro atoms. The van der Waals surface area contributed by atoms with E-state index in [0.717, 1.165) is 17.5 Å². The molecule has 1 atom stereocenters. The van der Waals surface area contributed by atoms with Crippen molar-refractivity contribution in [2.24, 2.45) is 5.92 Å². The summed E-state index contributed by atoms with van der Waals surface area (Å²) < 4.78 is 6.25. The van der Waals surface area contributed by atoms with Crippen molar-refractivity contribution in [1.82, 2.24) is 15.0 Å². The number of fused-ring (bicyclic) bond motifs is 1. The molecule has 6 nitrogen and oxygen atoms in total. The molecule has 3 rings (SSSR count). The highest BCUT2D eigenvalue weighted by Crippen LogP contribution is 2.19. The van der Waals surface area contributed by atoms with Gasteiger partial charge in [-0.15, -0.1) is 5.10 Å². The highest BCUT2D eigenvalue weighted by atomic mass is 16.5. The van der Waals surface area contributed by atoms with Gasteiger partial charge in [0.1, 0.15) is 5.52 Å². The van der Waals surface area contributed by atoms with Gasteiger partial charge >= 0.3 is 5.97 Å². The molecule has 1 aromatic carbocycles. The van der Waals surface area contributed by atoms with Crippen molar-refractivity contribution >= 4 is 16.9 Å². The zero-order valence-electron chi connectivity index (χ0n) is 11.4. The number of allylic oxidation sites excluding steroid dienone is 2. The molecule has 108 valence electrons. The van der Waals surface area contributed by atoms with Crippen LogP contribution in [0.2, 0.25) is 0 Å². The highest BCUT2D eigenvalue weighted by molar-refractivity contribution is 5.76. The topological polar surface area (TPSA) is 74.1 Å². The average molecular weight is 285 g/mol. The first-order valence-corrected chi connectivity index (χ1v) is 6.90. The van der Waals surface area contributed by atoms with E-state index in [1.54, 1.807) is 24.3 Å². The van der Waals surface area contributed by atoms with Gasteiger partial charge in [-0.2, -0.15) is 4.68 Å². The van der Waals surface area contributed by atoms with Gasteiger partial charge in [-0.1, -0.05) is 29.5 Å². The molecule has 0 aliphatic heterocycles. The minimum absolute atomic E-state index is 0.126. The Morgan fingerprint density at radius 2 is 2.19 bits per heavy atom. The van der Waals surface area contributed by atoms with Gasteiger partial charge in [0.05, 0.1) is 11.3 Å². The first kappa shape index (κ1) is 13.5. The van der Waals surface area contributed by atoms with E-state index in [2.05, 4.69) is 16.4 Å². The summed E-state index contributed by atoms with van der Waals surface area (Å²) in [5.74, 6) is -0.416. The van der Waals surface area contributed by atoms with Crippen molar-refractivity contribution in [3.05, 3.63) is 46.8 Å². The third kappa shape index (κ3) is 2.84. The molecule has 6 heteroatoms. The molecule has 0 saturated heterocycles. The first-order chi connectivity index (χ1) is 10.3. The highest BCUT2D eigenvalue weighted by Gasteiger charge is 2.20. The Bertz CT molecular complexity index is 751. The minimum Gasteiger partial charge on any atom is -0.442 e. The van der Waals surface area contributed by atoms with Gasteiger partial charge in [-0.3, -0.25) is 9.59 Å². The number of nitrogens with zero attached hydrogens (tertiary/aromatic N) is 3. The lowest BCUT2D eigenvalue weighted by molar-refractivity contribution is -0.153. The molecule has 0 saturated carbocycles. The second-order valence-corrected chi connectivity index (χ2v) is 4.99. The molecule has 1 aromatic heterocycles. The second kappa shape index (κ2) is 5.87. The number of ether oxygens (including phenoxy) is 1. The number of rotatable bonds is 3. The third-order valence-corrected chi connectivity index (χ3v) is 3.56. The molecular weight excluding hydrogens is 270 g/mol. The van der Waals surface area contributed by atoms with Gasteiger partial charge in [-0.05, 0) is 31.4 Å². The fourth-order valence-corrected chi connectivity index (χ4v) is 2.36. The monoisotopic (exact) mass is 285 g/mol. The van der Waals surface area contributed by atoms with Crippen LogP contribution in [0, 0.1) is 5.92 Å². The first-order valence-electron chi connectivity index (χ1n) is 6.90. The summed E-state index contributed by atoms with van der Waals surface area (Å²) >= 11 is 0. The fourth-order valence-electron chi connectivity index (χ4n) is 2.36. The number of benzene rings is 1. The summed E-state index contributed by atoms with van der Waals surface area (Å²) in [6.45, 7) is -0.199. The van der Waals surface area contributed by atoms with Gasteiger partial charge in [-0.25, -0.2) is 0 Å². The van der Waals surface area contributed by atoms with E-state index in [-0.39, 0.29) is 24.2 Å². The molecule has 0 unspecified atom stereocenters. The zero-order valence-corrected chi connectivity index (χ0v) is 11.4. The maximum Gasteiger partial charge on any atom is 0.311 e. The van der Waals surface area contributed by atoms with E-state index in [4.69, 9.17) is 4.74 Å². The summed E-state index contributed by atoms with van der Waals surface area (Å²) in [4.78, 5) is 24.1. The fraction of sp³-hybridized carbons (Fsp3) is 0.333. The van der Waals surface area contributed by atoms with Crippen molar-refractivity contribution < 1.29 is 9.53 Å². The maximum absolute atomic E-state index is 12.2. The van der Waals surface area contributed by atoms with Gasteiger partial charge in [0.15, 0.2) is 6.73 Å². The summed E-state index contributed by atoms with van der Waals surface area (Å²) in [6.07, 6.45) is 6.40. The van der Waals surface area contributed by atoms with Crippen molar-refractivity contribution in [3.8, 4) is 0 Å². The number of hydrogen-bond acceptors (Lipinski definition) is 5. The van der Waals surface area contributed by atoms with E-state index in [9.17, 15) is 9.59 Å². The van der Waals surface area contributed by atoms with E-state index in [1.807, 2.05) is 6.08 Å². The Kier molecular flexibility index (Phi) is 3.77. The van der Waals surface area contributed by atoms with E-state index in [1.165, 1.54) is 0 Å². The molecule has 1 heterocycles. The van der Waals surface area contributed by atoms with E-state index >= 15 is 0 Å². The van der Waals surface area contributed by atoms with Crippen LogP contribution in [-0.4, -0.2) is 21.0 Å². The Morgan fingerprint density at radius 3 is 3.00 bits per heavy atom. The Balaban J connectivity index is 1.73. The Hall–Kier alpha value is -2.50. The number of aromatic nitrogens is 3. The van der Waals surface area contributed by atoms with Gasteiger partial charge in [0.2, 0.25) is 0 Å². The van der Waals surface area contributed by atoms with Crippen LogP contribution < -0.4 is 5.56 Å². The SMILES string of the molecule is O=C(OCn1nnc2ccccc2c1=O)[C@@H]1CC=CCC1. The van der Waals surface area contributed by atoms with Crippen LogP contribution in [0.1, 0.15) is 19.3 Å². The number of esters is 1. The Labute approximate surface area is 121 Å². The predicted molar refractivity (Wildman–Crippen MR) is 76.4 cm³/mol. The number of carbonyl (C=O) groups is 1. The van der Waals surface area contributed by atoms with Crippen molar-refractivity contribution in [2.45, 2.75) is 26.0 Å².